The SMILES string of the molecule is Clc1ccc(C2=N[PH+]2N2CCCCC2)cc1.[C-]#[O+].[C-]#[O+].[C-]#[O+].[C-]#[O+].[C-]#[O+].[W]. The van der Waals surface area contributed by atoms with Crippen molar-refractivity contribution in [3.05, 3.63) is 68.1 Å². The van der Waals surface area contributed by atoms with E-state index in [0.717, 1.165) is 5.02 Å². The van der Waals surface area contributed by atoms with Crippen molar-refractivity contribution < 1.29 is 44.3 Å². The Morgan fingerprint density at radius 1 is 0.778 bits per heavy atom. The predicted octanol–water partition coefficient (Wildman–Crippen LogP) is 3.44. The molecule has 1 atom stereocenters. The fourth-order valence-corrected chi connectivity index (χ4v) is 4.37. The molecule has 10 heteroatoms. The zero-order valence-electron chi connectivity index (χ0n) is 14.1. The number of piperidine rings is 1. The summed E-state index contributed by atoms with van der Waals surface area (Å²) in [6.07, 6.45) is 4.08. The molecule has 0 bridgehead atoms. The van der Waals surface area contributed by atoms with E-state index < -0.39 is 8.22 Å². The molecule has 0 aliphatic carbocycles. The quantitative estimate of drug-likeness (QED) is 0.299. The maximum Gasteiger partial charge on any atom is 0 e. The molecule has 1 unspecified atom stereocenters. The van der Waals surface area contributed by atoms with Gasteiger partial charge in [0, 0.05) is 44.7 Å². The number of halogens is 1. The summed E-state index contributed by atoms with van der Waals surface area (Å²) in [5.41, 5.74) is 2.60. The summed E-state index contributed by atoms with van der Waals surface area (Å²) >= 11 is 5.88. The van der Waals surface area contributed by atoms with Crippen LogP contribution < -0.4 is 0 Å². The first-order chi connectivity index (χ1) is 12.8. The van der Waals surface area contributed by atoms with Crippen LogP contribution in [0.3, 0.4) is 0 Å². The molecule has 0 amide bonds. The Bertz CT molecular complexity index is 588. The third-order valence-corrected chi connectivity index (χ3v) is 5.50. The van der Waals surface area contributed by atoms with Crippen molar-refractivity contribution >= 4 is 25.3 Å². The van der Waals surface area contributed by atoms with E-state index in [4.69, 9.17) is 34.9 Å². The van der Waals surface area contributed by atoms with E-state index in [0.29, 0.717) is 0 Å². The molecule has 140 valence electrons. The minimum atomic E-state index is -0.657. The zero-order valence-corrected chi connectivity index (χ0v) is 18.8. The Kier molecular flexibility index (Phi) is 31.0. The molecule has 27 heavy (non-hydrogen) atoms. The summed E-state index contributed by atoms with van der Waals surface area (Å²) in [6, 6.07) is 8.08. The Hall–Kier alpha value is -1.04. The first-order valence-corrected chi connectivity index (χ1v) is 8.61. The van der Waals surface area contributed by atoms with Gasteiger partial charge in [0.2, 0.25) is 0 Å². The molecule has 0 radical (unpaired) electrons. The van der Waals surface area contributed by atoms with E-state index in [9.17, 15) is 0 Å². The molecule has 0 N–H and O–H groups in total. The van der Waals surface area contributed by atoms with Crippen molar-refractivity contribution in [2.45, 2.75) is 19.3 Å². The van der Waals surface area contributed by atoms with Gasteiger partial charge in [0.1, 0.15) is 0 Å². The van der Waals surface area contributed by atoms with Gasteiger partial charge in [-0.1, -0.05) is 22.8 Å². The van der Waals surface area contributed by atoms with Crippen LogP contribution in [0.15, 0.2) is 29.0 Å². The third-order valence-electron chi connectivity index (χ3n) is 3.15. The van der Waals surface area contributed by atoms with Crippen molar-refractivity contribution in [1.29, 1.82) is 0 Å². The molecule has 1 aromatic carbocycles. The van der Waals surface area contributed by atoms with Gasteiger partial charge in [0.05, 0.1) is 0 Å². The molecule has 1 fully saturated rings. The van der Waals surface area contributed by atoms with Gasteiger partial charge in [0.15, 0.2) is 0 Å². The van der Waals surface area contributed by atoms with Gasteiger partial charge >= 0.3 is 56.5 Å². The third kappa shape index (κ3) is 13.7. The average Bonchev–Trinajstić information content (AvgIpc) is 3.57. The van der Waals surface area contributed by atoms with Crippen molar-refractivity contribution in [2.75, 3.05) is 13.1 Å². The minimum Gasteiger partial charge on any atom is 0 e. The molecule has 2 aliphatic rings. The number of benzene rings is 1. The van der Waals surface area contributed by atoms with Crippen LogP contribution in [0.25, 0.3) is 0 Å². The molecule has 0 aromatic heterocycles. The van der Waals surface area contributed by atoms with Crippen molar-refractivity contribution in [3.63, 3.8) is 0 Å². The Morgan fingerprint density at radius 3 is 1.59 bits per heavy atom. The van der Waals surface area contributed by atoms with Crippen LogP contribution in [-0.4, -0.2) is 23.2 Å². The second-order valence-electron chi connectivity index (χ2n) is 4.34. The molecule has 1 aromatic rings. The Labute approximate surface area is 179 Å². The number of hydrogen-bond donors (Lipinski definition) is 0. The fourth-order valence-electron chi connectivity index (χ4n) is 2.21. The summed E-state index contributed by atoms with van der Waals surface area (Å²) < 4.78 is 44.8. The standard InChI is InChI=1S/C12H14ClN2P.5CO.W/c13-11-6-4-10(5-7-11)12-14-16(12)15-8-2-1-3-9-15;5*1-2;/h4-7H,1-3,8-9H2;;;;;;/p+1. The molecule has 0 spiro atoms. The largest absolute Gasteiger partial charge is 0 e. The van der Waals surface area contributed by atoms with Crippen LogP contribution >= 0.6 is 19.8 Å². The summed E-state index contributed by atoms with van der Waals surface area (Å²) in [6.45, 7) is 25.0. The van der Waals surface area contributed by atoms with E-state index in [1.165, 1.54) is 43.4 Å². The zero-order chi connectivity index (χ0) is 21.0. The van der Waals surface area contributed by atoms with Crippen LogP contribution in [0.1, 0.15) is 24.8 Å². The van der Waals surface area contributed by atoms with Crippen molar-refractivity contribution in [2.24, 2.45) is 4.76 Å². The van der Waals surface area contributed by atoms with E-state index in [2.05, 4.69) is 54.8 Å². The van der Waals surface area contributed by atoms with Crippen molar-refractivity contribution in [1.82, 2.24) is 4.67 Å². The van der Waals surface area contributed by atoms with Gasteiger partial charge < -0.3 is 0 Å². The normalized spacial score (nSPS) is 15.4. The van der Waals surface area contributed by atoms with Crippen LogP contribution in [0.4, 0.5) is 0 Å². The predicted molar refractivity (Wildman–Crippen MR) is 91.4 cm³/mol. The molecule has 3 rings (SSSR count). The smallest absolute Gasteiger partial charge is 0 e. The Balaban J connectivity index is -0.000000211. The number of nitrogens with zero attached hydrogens (tertiary/aromatic N) is 2. The van der Waals surface area contributed by atoms with Gasteiger partial charge in [-0.3, -0.25) is 0 Å². The minimum absolute atomic E-state index is 0. The van der Waals surface area contributed by atoms with Crippen LogP contribution in [-0.2, 0) is 44.3 Å². The topological polar surface area (TPSA) is 115 Å². The first-order valence-electron chi connectivity index (χ1n) is 6.83. The molecule has 2 aliphatic heterocycles. The molecular formula is C17H15ClN2O5PW+. The average molecular weight is 578 g/mol. The molecular weight excluding hydrogens is 562 g/mol. The Morgan fingerprint density at radius 2 is 1.19 bits per heavy atom. The fraction of sp³-hybridized carbons (Fsp3) is 0.294. The van der Waals surface area contributed by atoms with Gasteiger partial charge in [0.25, 0.3) is 13.7 Å². The van der Waals surface area contributed by atoms with Crippen LogP contribution in [0.2, 0.25) is 5.02 Å². The first kappa shape index (κ1) is 33.5. The van der Waals surface area contributed by atoms with Gasteiger partial charge in [-0.15, -0.1) is 0 Å². The van der Waals surface area contributed by atoms with E-state index in [1.54, 1.807) is 0 Å². The summed E-state index contributed by atoms with van der Waals surface area (Å²) in [5, 5.41) is 0.803. The van der Waals surface area contributed by atoms with Gasteiger partial charge in [-0.25, -0.2) is 0 Å². The number of hydrogen-bond acceptors (Lipinski definition) is 2. The van der Waals surface area contributed by atoms with E-state index >= 15 is 0 Å². The maximum atomic E-state index is 7.50. The number of rotatable bonds is 2. The molecule has 0 saturated carbocycles. The van der Waals surface area contributed by atoms with Gasteiger partial charge in [-0.2, -0.15) is 4.67 Å². The van der Waals surface area contributed by atoms with Gasteiger partial charge in [-0.05, 0) is 37.1 Å². The van der Waals surface area contributed by atoms with E-state index in [-0.39, 0.29) is 21.1 Å². The van der Waals surface area contributed by atoms with E-state index in [1.807, 2.05) is 12.1 Å². The summed E-state index contributed by atoms with van der Waals surface area (Å²) in [4.78, 5) is 0. The van der Waals surface area contributed by atoms with Crippen LogP contribution in [0.5, 0.6) is 0 Å². The molecule has 7 nitrogen and oxygen atoms in total. The monoisotopic (exact) mass is 577 g/mol. The van der Waals surface area contributed by atoms with Crippen molar-refractivity contribution in [3.8, 4) is 0 Å². The second kappa shape index (κ2) is 25.0. The molecule has 2 heterocycles. The maximum absolute atomic E-state index is 7.50. The van der Waals surface area contributed by atoms with Crippen LogP contribution in [0, 0.1) is 33.3 Å². The second-order valence-corrected chi connectivity index (χ2v) is 6.75. The summed E-state index contributed by atoms with van der Waals surface area (Å²) in [7, 11) is -0.657. The summed E-state index contributed by atoms with van der Waals surface area (Å²) in [5.74, 6) is 0. The molecule has 1 saturated heterocycles.